The van der Waals surface area contributed by atoms with Gasteiger partial charge in [0.2, 0.25) is 11.8 Å². The molecule has 1 N–H and O–H groups in total. The number of nitrogens with zero attached hydrogens (tertiary/aromatic N) is 2. The topological polar surface area (TPSA) is 68.0 Å². The summed E-state index contributed by atoms with van der Waals surface area (Å²) in [6, 6.07) is 9.03. The van der Waals surface area contributed by atoms with E-state index in [2.05, 4.69) is 15.3 Å². The molecule has 0 unspecified atom stereocenters. The summed E-state index contributed by atoms with van der Waals surface area (Å²) in [5.74, 6) is 0.422. The predicted octanol–water partition coefficient (Wildman–Crippen LogP) is 2.85. The van der Waals surface area contributed by atoms with E-state index in [9.17, 15) is 4.79 Å². The van der Waals surface area contributed by atoms with Crippen molar-refractivity contribution in [2.45, 2.75) is 6.92 Å². The third kappa shape index (κ3) is 2.30. The Hall–Kier alpha value is -2.69. The van der Waals surface area contributed by atoms with Crippen molar-refractivity contribution in [3.63, 3.8) is 0 Å². The van der Waals surface area contributed by atoms with Gasteiger partial charge in [0, 0.05) is 36.6 Å². The molecule has 0 saturated carbocycles. The molecule has 19 heavy (non-hydrogen) atoms. The number of anilines is 1. The van der Waals surface area contributed by atoms with Crippen LogP contribution in [0, 0.1) is 0 Å². The van der Waals surface area contributed by atoms with Gasteiger partial charge in [-0.1, -0.05) is 0 Å². The lowest BCUT2D eigenvalue weighted by Gasteiger charge is -1.99. The first-order chi connectivity index (χ1) is 9.22. The average Bonchev–Trinajstić information content (AvgIpc) is 2.82. The lowest BCUT2D eigenvalue weighted by atomic mass is 10.3. The highest BCUT2D eigenvalue weighted by molar-refractivity contribution is 5.91. The summed E-state index contributed by atoms with van der Waals surface area (Å²) in [7, 11) is 0. The minimum atomic E-state index is -0.117. The van der Waals surface area contributed by atoms with Crippen molar-refractivity contribution < 1.29 is 9.21 Å². The number of rotatable bonds is 2. The largest absolute Gasteiger partial charge is 0.436 e. The van der Waals surface area contributed by atoms with Crippen LogP contribution in [-0.2, 0) is 4.79 Å². The number of pyridine rings is 1. The molecule has 94 valence electrons. The monoisotopic (exact) mass is 253 g/mol. The molecule has 1 aromatic carbocycles. The van der Waals surface area contributed by atoms with Crippen LogP contribution in [0.2, 0.25) is 0 Å². The van der Waals surface area contributed by atoms with E-state index in [4.69, 9.17) is 4.42 Å². The number of hydrogen-bond donors (Lipinski definition) is 1. The van der Waals surface area contributed by atoms with Crippen molar-refractivity contribution in [1.29, 1.82) is 0 Å². The molecule has 0 fully saturated rings. The fraction of sp³-hybridized carbons (Fsp3) is 0.0714. The Bertz CT molecular complexity index is 735. The molecule has 3 rings (SSSR count). The van der Waals surface area contributed by atoms with E-state index >= 15 is 0 Å². The molecule has 5 heteroatoms. The molecule has 2 heterocycles. The highest BCUT2D eigenvalue weighted by Gasteiger charge is 2.08. The molecule has 0 atom stereocenters. The zero-order chi connectivity index (χ0) is 13.2. The summed E-state index contributed by atoms with van der Waals surface area (Å²) >= 11 is 0. The summed E-state index contributed by atoms with van der Waals surface area (Å²) in [5.41, 5.74) is 2.95. The molecule has 0 radical (unpaired) electrons. The Morgan fingerprint density at radius 1 is 1.21 bits per heavy atom. The van der Waals surface area contributed by atoms with Crippen molar-refractivity contribution in [3.05, 3.63) is 42.7 Å². The highest BCUT2D eigenvalue weighted by Crippen LogP contribution is 2.25. The number of nitrogens with one attached hydrogen (secondary N) is 1. The van der Waals surface area contributed by atoms with Crippen LogP contribution in [0.1, 0.15) is 6.92 Å². The van der Waals surface area contributed by atoms with E-state index in [-0.39, 0.29) is 5.91 Å². The van der Waals surface area contributed by atoms with Gasteiger partial charge in [-0.3, -0.25) is 9.78 Å². The number of carbonyl (C=O) groups excluding carboxylic acids is 1. The zero-order valence-electron chi connectivity index (χ0n) is 10.3. The fourth-order valence-corrected chi connectivity index (χ4v) is 1.82. The van der Waals surface area contributed by atoms with Crippen LogP contribution >= 0.6 is 0 Å². The summed E-state index contributed by atoms with van der Waals surface area (Å²) in [6.45, 7) is 1.47. The Balaban J connectivity index is 2.04. The van der Waals surface area contributed by atoms with Crippen LogP contribution < -0.4 is 5.32 Å². The maximum Gasteiger partial charge on any atom is 0.227 e. The predicted molar refractivity (Wildman–Crippen MR) is 71.5 cm³/mol. The number of amides is 1. The van der Waals surface area contributed by atoms with Crippen LogP contribution in [0.25, 0.3) is 22.6 Å². The van der Waals surface area contributed by atoms with Gasteiger partial charge < -0.3 is 9.73 Å². The van der Waals surface area contributed by atoms with Gasteiger partial charge in [0.15, 0.2) is 5.58 Å². The molecule has 0 spiro atoms. The molecule has 0 bridgehead atoms. The Morgan fingerprint density at radius 2 is 2.00 bits per heavy atom. The van der Waals surface area contributed by atoms with Gasteiger partial charge in [-0.25, -0.2) is 4.98 Å². The second kappa shape index (κ2) is 4.53. The number of oxazole rings is 1. The second-order valence-electron chi connectivity index (χ2n) is 4.12. The van der Waals surface area contributed by atoms with E-state index in [1.807, 2.05) is 18.2 Å². The summed E-state index contributed by atoms with van der Waals surface area (Å²) in [6.07, 6.45) is 3.37. The van der Waals surface area contributed by atoms with E-state index in [0.717, 1.165) is 11.1 Å². The lowest BCUT2D eigenvalue weighted by Crippen LogP contribution is -2.05. The molecule has 0 aliphatic heterocycles. The first-order valence-corrected chi connectivity index (χ1v) is 5.81. The normalized spacial score (nSPS) is 10.6. The van der Waals surface area contributed by atoms with Gasteiger partial charge in [-0.05, 0) is 24.3 Å². The third-order valence-corrected chi connectivity index (χ3v) is 2.64. The van der Waals surface area contributed by atoms with Gasteiger partial charge in [0.1, 0.15) is 5.52 Å². The molecular formula is C14H11N3O2. The first-order valence-electron chi connectivity index (χ1n) is 5.81. The molecule has 0 aliphatic carbocycles. The number of aromatic nitrogens is 2. The van der Waals surface area contributed by atoms with Crippen LogP contribution in [0.5, 0.6) is 0 Å². The van der Waals surface area contributed by atoms with Gasteiger partial charge in [-0.2, -0.15) is 0 Å². The SMILES string of the molecule is CC(=O)Nc1ccc2nc(-c3ccncc3)oc2c1. The van der Waals surface area contributed by atoms with Crippen molar-refractivity contribution >= 4 is 22.7 Å². The Kier molecular flexibility index (Phi) is 2.72. The minimum Gasteiger partial charge on any atom is -0.436 e. The van der Waals surface area contributed by atoms with Gasteiger partial charge in [0.05, 0.1) is 0 Å². The standard InChI is InChI=1S/C14H11N3O2/c1-9(18)16-11-2-3-12-13(8-11)19-14(17-12)10-4-6-15-7-5-10/h2-8H,1H3,(H,16,18). The highest BCUT2D eigenvalue weighted by atomic mass is 16.3. The number of carbonyl (C=O) groups is 1. The fourth-order valence-electron chi connectivity index (χ4n) is 1.82. The smallest absolute Gasteiger partial charge is 0.227 e. The molecule has 0 aliphatic rings. The second-order valence-corrected chi connectivity index (χ2v) is 4.12. The maximum absolute atomic E-state index is 11.0. The quantitative estimate of drug-likeness (QED) is 0.762. The molecule has 1 amide bonds. The van der Waals surface area contributed by atoms with Crippen molar-refractivity contribution in [3.8, 4) is 11.5 Å². The third-order valence-electron chi connectivity index (χ3n) is 2.64. The first kappa shape index (κ1) is 11.4. The van der Waals surface area contributed by atoms with Crippen LogP contribution in [0.4, 0.5) is 5.69 Å². The molecule has 2 aromatic heterocycles. The molecule has 3 aromatic rings. The summed E-state index contributed by atoms with van der Waals surface area (Å²) in [5, 5.41) is 2.71. The van der Waals surface area contributed by atoms with Crippen molar-refractivity contribution in [2.24, 2.45) is 0 Å². The number of fused-ring (bicyclic) bond motifs is 1. The van der Waals surface area contributed by atoms with Gasteiger partial charge in [0.25, 0.3) is 0 Å². The van der Waals surface area contributed by atoms with E-state index in [1.54, 1.807) is 24.5 Å². The van der Waals surface area contributed by atoms with E-state index in [1.165, 1.54) is 6.92 Å². The minimum absolute atomic E-state index is 0.117. The number of benzene rings is 1. The summed E-state index contributed by atoms with van der Waals surface area (Å²) in [4.78, 5) is 19.4. The van der Waals surface area contributed by atoms with Crippen molar-refractivity contribution in [2.75, 3.05) is 5.32 Å². The van der Waals surface area contributed by atoms with Gasteiger partial charge in [-0.15, -0.1) is 0 Å². The molecule has 5 nitrogen and oxygen atoms in total. The van der Waals surface area contributed by atoms with E-state index in [0.29, 0.717) is 17.2 Å². The van der Waals surface area contributed by atoms with E-state index < -0.39 is 0 Å². The van der Waals surface area contributed by atoms with Crippen LogP contribution in [-0.4, -0.2) is 15.9 Å². The number of hydrogen-bond acceptors (Lipinski definition) is 4. The Labute approximate surface area is 109 Å². The lowest BCUT2D eigenvalue weighted by molar-refractivity contribution is -0.114. The zero-order valence-corrected chi connectivity index (χ0v) is 10.3. The Morgan fingerprint density at radius 3 is 2.74 bits per heavy atom. The van der Waals surface area contributed by atoms with Crippen LogP contribution in [0.3, 0.4) is 0 Å². The van der Waals surface area contributed by atoms with Crippen LogP contribution in [0.15, 0.2) is 47.1 Å². The summed E-state index contributed by atoms with van der Waals surface area (Å²) < 4.78 is 5.69. The van der Waals surface area contributed by atoms with Crippen molar-refractivity contribution in [1.82, 2.24) is 9.97 Å². The molecular weight excluding hydrogens is 242 g/mol. The maximum atomic E-state index is 11.0. The molecule has 0 saturated heterocycles. The van der Waals surface area contributed by atoms with Gasteiger partial charge >= 0.3 is 0 Å². The average molecular weight is 253 g/mol.